The van der Waals surface area contributed by atoms with E-state index in [1.54, 1.807) is 14.2 Å². The summed E-state index contributed by atoms with van der Waals surface area (Å²) < 4.78 is 11.8. The van der Waals surface area contributed by atoms with Crippen molar-refractivity contribution in [3.05, 3.63) is 203 Å². The van der Waals surface area contributed by atoms with Crippen LogP contribution in [0.2, 0.25) is 5.15 Å². The zero-order valence-corrected chi connectivity index (χ0v) is 37.9. The number of aromatic amines is 1. The first-order valence-electron chi connectivity index (χ1n) is 22.0. The maximum atomic E-state index is 12.3. The Morgan fingerprint density at radius 3 is 1.95 bits per heavy atom. The maximum absolute atomic E-state index is 12.3. The van der Waals surface area contributed by atoms with Crippen LogP contribution in [0.3, 0.4) is 0 Å². The fourth-order valence-electron chi connectivity index (χ4n) is 10.1. The van der Waals surface area contributed by atoms with E-state index in [1.807, 2.05) is 72.9 Å². The van der Waals surface area contributed by atoms with Gasteiger partial charge in [0.25, 0.3) is 5.56 Å². The van der Waals surface area contributed by atoms with Gasteiger partial charge in [-0.1, -0.05) is 139 Å². The third kappa shape index (κ3) is 8.91. The quantitative estimate of drug-likeness (QED) is 0.0795. The van der Waals surface area contributed by atoms with Crippen molar-refractivity contribution in [1.82, 2.24) is 15.0 Å². The molecule has 4 unspecified atom stereocenters. The minimum absolute atomic E-state index is 0.207. The number of rotatable bonds is 11. The van der Waals surface area contributed by atoms with E-state index in [-0.39, 0.29) is 10.7 Å². The third-order valence-electron chi connectivity index (χ3n) is 13.3. The Morgan fingerprint density at radius 1 is 0.766 bits per heavy atom. The lowest BCUT2D eigenvalue weighted by Gasteiger charge is -2.50. The van der Waals surface area contributed by atoms with E-state index in [9.17, 15) is 4.79 Å². The van der Waals surface area contributed by atoms with Crippen molar-refractivity contribution in [2.45, 2.75) is 31.1 Å². The lowest BCUT2D eigenvalue weighted by atomic mass is 9.84. The molecule has 8 aromatic rings. The standard InChI is InChI=1S/C40H41NO2P.C16H11ClN2O/c1-4-29-27-44(20-18-32(29)23-35(44)24-33-17-19-41-39-16-15-34(42-2)25-36(33)39)26-28-21-37(30-11-7-5-8-12-30)40(43-3)38(22-28)31-13-9-6-10-14-31;17-14-13(11-7-3-1-4-8-11)16(20)19-15(18-14)12-9-5-2-6-10-12/h4-17,19,21-22,25,29,32,35H,1,18,20,23-24,26-27H2,2-3H3;1-10H,(H,18,19,20)/q+1;. The smallest absolute Gasteiger partial charge is 0.260 e. The number of fused-ring (bicyclic) bond motifs is 4. The molecular weight excluding hydrogens is 829 g/mol. The summed E-state index contributed by atoms with van der Waals surface area (Å²) in [4.78, 5) is 24.0. The molecule has 320 valence electrons. The van der Waals surface area contributed by atoms with Gasteiger partial charge in [0.15, 0.2) is 0 Å². The zero-order chi connectivity index (χ0) is 44.0. The highest BCUT2D eigenvalue weighted by Crippen LogP contribution is 2.75. The van der Waals surface area contributed by atoms with Crippen molar-refractivity contribution >= 4 is 29.8 Å². The van der Waals surface area contributed by atoms with Crippen molar-refractivity contribution < 1.29 is 9.47 Å². The molecule has 1 N–H and O–H groups in total. The summed E-state index contributed by atoms with van der Waals surface area (Å²) >= 11 is 6.19. The molecule has 2 bridgehead atoms. The van der Waals surface area contributed by atoms with E-state index in [1.165, 1.54) is 63.9 Å². The number of nitrogens with zero attached hydrogens (tertiary/aromatic N) is 2. The number of H-pyrrole nitrogens is 1. The van der Waals surface area contributed by atoms with Gasteiger partial charge in [0.2, 0.25) is 0 Å². The summed E-state index contributed by atoms with van der Waals surface area (Å²) in [5.74, 6) is 3.70. The van der Waals surface area contributed by atoms with Gasteiger partial charge in [-0.2, -0.15) is 0 Å². The normalized spacial score (nSPS) is 18.8. The van der Waals surface area contributed by atoms with Crippen molar-refractivity contribution in [1.29, 1.82) is 0 Å². The molecule has 3 fully saturated rings. The number of hydrogen-bond donors (Lipinski definition) is 1. The number of ether oxygens (including phenoxy) is 2. The molecule has 3 saturated heterocycles. The molecule has 8 heteroatoms. The van der Waals surface area contributed by atoms with Crippen LogP contribution in [0.1, 0.15) is 24.0 Å². The first-order chi connectivity index (χ1) is 31.4. The van der Waals surface area contributed by atoms with Gasteiger partial charge < -0.3 is 14.5 Å². The van der Waals surface area contributed by atoms with Crippen LogP contribution in [0.25, 0.3) is 55.7 Å². The Hall–Kier alpha value is -6.33. The molecule has 0 spiro atoms. The minimum Gasteiger partial charge on any atom is -0.497 e. The fourth-order valence-corrected chi connectivity index (χ4v) is 16.1. The average Bonchev–Trinajstić information content (AvgIpc) is 3.35. The fraction of sp³-hybridized carbons (Fsp3) is 0.196. The molecule has 5 heterocycles. The van der Waals surface area contributed by atoms with Gasteiger partial charge in [0.1, 0.15) is 22.5 Å². The van der Waals surface area contributed by atoms with Crippen molar-refractivity contribution in [3.8, 4) is 56.3 Å². The number of methoxy groups -OCH3 is 2. The van der Waals surface area contributed by atoms with Crippen LogP contribution in [-0.4, -0.2) is 47.2 Å². The summed E-state index contributed by atoms with van der Waals surface area (Å²) in [6, 6.07) is 53.6. The van der Waals surface area contributed by atoms with Crippen LogP contribution in [0.15, 0.2) is 181 Å². The molecule has 0 aliphatic carbocycles. The van der Waals surface area contributed by atoms with Gasteiger partial charge in [-0.3, -0.25) is 9.78 Å². The number of pyridine rings is 1. The van der Waals surface area contributed by atoms with Gasteiger partial charge in [0.05, 0.1) is 49.4 Å². The Kier molecular flexibility index (Phi) is 12.9. The molecule has 0 amide bonds. The summed E-state index contributed by atoms with van der Waals surface area (Å²) in [5, 5.41) is 1.44. The number of halogens is 1. The molecule has 2 aromatic heterocycles. The molecule has 0 saturated carbocycles. The van der Waals surface area contributed by atoms with E-state index in [0.29, 0.717) is 23.0 Å². The topological polar surface area (TPSA) is 77.1 Å². The predicted molar refractivity (Wildman–Crippen MR) is 267 cm³/mol. The summed E-state index contributed by atoms with van der Waals surface area (Å²) in [7, 11) is 2.17. The summed E-state index contributed by atoms with van der Waals surface area (Å²) in [5.41, 5.74) is 11.1. The van der Waals surface area contributed by atoms with Crippen LogP contribution in [0.5, 0.6) is 11.5 Å². The summed E-state index contributed by atoms with van der Waals surface area (Å²) in [6.07, 6.45) is 11.8. The Morgan fingerprint density at radius 2 is 1.38 bits per heavy atom. The number of hydrogen-bond acceptors (Lipinski definition) is 5. The molecule has 3 aliphatic heterocycles. The van der Waals surface area contributed by atoms with Crippen LogP contribution in [0, 0.1) is 11.8 Å². The minimum atomic E-state index is -1.38. The molecule has 64 heavy (non-hydrogen) atoms. The highest BCUT2D eigenvalue weighted by molar-refractivity contribution is 7.76. The van der Waals surface area contributed by atoms with Crippen LogP contribution in [0.4, 0.5) is 0 Å². The average molecular weight is 881 g/mol. The third-order valence-corrected chi connectivity index (χ3v) is 18.8. The second-order valence-electron chi connectivity index (χ2n) is 16.9. The molecule has 4 atom stereocenters. The van der Waals surface area contributed by atoms with Crippen LogP contribution < -0.4 is 15.0 Å². The Balaban J connectivity index is 0.000000216. The SMILES string of the molecule is C=CC1C[P+]2(Cc3cc(-c4ccccc4)c(OC)c(-c4ccccc4)c3)CCC1CC2Cc1ccnc2ccc(OC)cc12.O=c1[nH]c(-c2ccccc2)nc(Cl)c1-c1ccccc1. The number of benzene rings is 6. The van der Waals surface area contributed by atoms with E-state index in [4.69, 9.17) is 26.1 Å². The number of allylic oxidation sites excluding steroid dienone is 1. The van der Waals surface area contributed by atoms with Gasteiger partial charge >= 0.3 is 0 Å². The van der Waals surface area contributed by atoms with Gasteiger partial charge in [-0.25, -0.2) is 4.98 Å². The van der Waals surface area contributed by atoms with Crippen molar-refractivity contribution in [2.75, 3.05) is 26.5 Å². The second-order valence-corrected chi connectivity index (χ2v) is 21.6. The molecule has 6 nitrogen and oxygen atoms in total. The molecule has 11 rings (SSSR count). The predicted octanol–water partition coefficient (Wildman–Crippen LogP) is 13.7. The van der Waals surface area contributed by atoms with Crippen molar-refractivity contribution in [2.24, 2.45) is 11.8 Å². The van der Waals surface area contributed by atoms with Gasteiger partial charge in [0, 0.05) is 47.9 Å². The van der Waals surface area contributed by atoms with E-state index in [0.717, 1.165) is 46.6 Å². The zero-order valence-electron chi connectivity index (χ0n) is 36.3. The van der Waals surface area contributed by atoms with Gasteiger partial charge in [-0.05, 0) is 83.0 Å². The molecule has 0 radical (unpaired) electrons. The summed E-state index contributed by atoms with van der Waals surface area (Å²) in [6.45, 7) is 4.32. The lowest BCUT2D eigenvalue weighted by molar-refractivity contribution is 0.334. The molecule has 6 aromatic carbocycles. The van der Waals surface area contributed by atoms with E-state index >= 15 is 0 Å². The van der Waals surface area contributed by atoms with Crippen LogP contribution in [-0.2, 0) is 12.6 Å². The van der Waals surface area contributed by atoms with Crippen LogP contribution >= 0.6 is 18.9 Å². The molecular formula is C56H52ClN3O3P+. The first-order valence-corrected chi connectivity index (χ1v) is 24.8. The molecule has 3 aliphatic rings. The van der Waals surface area contributed by atoms with E-state index < -0.39 is 7.26 Å². The lowest BCUT2D eigenvalue weighted by Crippen LogP contribution is -2.42. The number of aromatic nitrogens is 3. The Labute approximate surface area is 381 Å². The highest BCUT2D eigenvalue weighted by atomic mass is 35.5. The van der Waals surface area contributed by atoms with Gasteiger partial charge in [-0.15, -0.1) is 6.58 Å². The second kappa shape index (κ2) is 19.2. The largest absolute Gasteiger partial charge is 0.497 e. The first kappa shape index (κ1) is 42.9. The Bertz CT molecular complexity index is 2890. The number of nitrogens with one attached hydrogen (secondary N) is 1. The van der Waals surface area contributed by atoms with Crippen molar-refractivity contribution in [3.63, 3.8) is 0 Å². The maximum Gasteiger partial charge on any atom is 0.260 e. The van der Waals surface area contributed by atoms with E-state index in [2.05, 4.69) is 114 Å². The monoisotopic (exact) mass is 880 g/mol. The highest BCUT2D eigenvalue weighted by Gasteiger charge is 2.56.